The van der Waals surface area contributed by atoms with E-state index < -0.39 is 0 Å². The van der Waals surface area contributed by atoms with Gasteiger partial charge in [-0.25, -0.2) is 0 Å². The van der Waals surface area contributed by atoms with Crippen LogP contribution >= 0.6 is 24.0 Å². The quantitative estimate of drug-likeness (QED) is 0.322. The van der Waals surface area contributed by atoms with Crippen LogP contribution in [-0.4, -0.2) is 87.9 Å². The van der Waals surface area contributed by atoms with Gasteiger partial charge in [-0.15, -0.1) is 24.0 Å². The largest absolute Gasteiger partial charge is 0.379 e. The van der Waals surface area contributed by atoms with Gasteiger partial charge in [0.2, 0.25) is 0 Å². The smallest absolute Gasteiger partial charge is 0.191 e. The lowest BCUT2D eigenvalue weighted by Gasteiger charge is -2.37. The van der Waals surface area contributed by atoms with Crippen molar-refractivity contribution in [3.63, 3.8) is 0 Å². The Morgan fingerprint density at radius 3 is 2.30 bits per heavy atom. The summed E-state index contributed by atoms with van der Waals surface area (Å²) in [6, 6.07) is 0.515. The second kappa shape index (κ2) is 13.2. The highest BCUT2D eigenvalue weighted by molar-refractivity contribution is 14.0. The van der Waals surface area contributed by atoms with Crippen molar-refractivity contribution >= 4 is 29.9 Å². The molecule has 0 amide bonds. The minimum absolute atomic E-state index is 0. The van der Waals surface area contributed by atoms with Gasteiger partial charge in [0.1, 0.15) is 0 Å². The zero-order valence-electron chi connectivity index (χ0n) is 18.0. The standard InChI is InChI=1S/C20H41N5O.HI/c1-16(2)19(25-8-10-26-11-9-25)13-23-20(21-5)22-6-7-24-14-17(3)12-18(4)15-24;/h16-19H,6-15H2,1-5H3,(H2,21,22,23);1H. The molecule has 2 saturated heterocycles. The minimum Gasteiger partial charge on any atom is -0.379 e. The summed E-state index contributed by atoms with van der Waals surface area (Å²) < 4.78 is 5.50. The van der Waals surface area contributed by atoms with Crippen LogP contribution in [0.2, 0.25) is 0 Å². The maximum atomic E-state index is 5.50. The van der Waals surface area contributed by atoms with E-state index in [1.54, 1.807) is 0 Å². The summed E-state index contributed by atoms with van der Waals surface area (Å²) in [5.74, 6) is 3.16. The van der Waals surface area contributed by atoms with E-state index in [0.29, 0.717) is 12.0 Å². The number of likely N-dealkylation sites (tertiary alicyclic amines) is 1. The molecule has 0 spiro atoms. The molecule has 3 unspecified atom stereocenters. The molecular formula is C20H42IN5O. The van der Waals surface area contributed by atoms with Gasteiger partial charge in [-0.2, -0.15) is 0 Å². The van der Waals surface area contributed by atoms with Crippen molar-refractivity contribution in [3.05, 3.63) is 0 Å². The molecule has 0 aliphatic carbocycles. The first-order valence-electron chi connectivity index (χ1n) is 10.5. The van der Waals surface area contributed by atoms with Gasteiger partial charge in [0, 0.05) is 58.9 Å². The molecule has 2 aliphatic heterocycles. The normalized spacial score (nSPS) is 26.5. The minimum atomic E-state index is 0. The van der Waals surface area contributed by atoms with Gasteiger partial charge in [-0.3, -0.25) is 9.89 Å². The van der Waals surface area contributed by atoms with Crippen molar-refractivity contribution in [2.45, 2.75) is 40.2 Å². The van der Waals surface area contributed by atoms with Crippen LogP contribution in [0.25, 0.3) is 0 Å². The van der Waals surface area contributed by atoms with E-state index in [1.165, 1.54) is 19.5 Å². The highest BCUT2D eigenvalue weighted by Gasteiger charge is 2.24. The van der Waals surface area contributed by atoms with Crippen molar-refractivity contribution in [2.24, 2.45) is 22.7 Å². The van der Waals surface area contributed by atoms with Gasteiger partial charge in [0.25, 0.3) is 0 Å². The molecule has 0 aromatic heterocycles. The molecule has 27 heavy (non-hydrogen) atoms. The van der Waals surface area contributed by atoms with Crippen molar-refractivity contribution < 1.29 is 4.74 Å². The summed E-state index contributed by atoms with van der Waals surface area (Å²) in [6.07, 6.45) is 1.37. The highest BCUT2D eigenvalue weighted by atomic mass is 127. The Hall–Kier alpha value is -0.120. The number of nitrogens with zero attached hydrogens (tertiary/aromatic N) is 3. The fraction of sp³-hybridized carbons (Fsp3) is 0.950. The van der Waals surface area contributed by atoms with E-state index in [0.717, 1.165) is 63.7 Å². The Morgan fingerprint density at radius 2 is 1.74 bits per heavy atom. The van der Waals surface area contributed by atoms with Gasteiger partial charge in [0.15, 0.2) is 5.96 Å². The fourth-order valence-electron chi connectivity index (χ4n) is 4.42. The molecule has 6 nitrogen and oxygen atoms in total. The lowest BCUT2D eigenvalue weighted by molar-refractivity contribution is 0.00752. The summed E-state index contributed by atoms with van der Waals surface area (Å²) in [5.41, 5.74) is 0. The number of nitrogens with one attached hydrogen (secondary N) is 2. The predicted molar refractivity (Wildman–Crippen MR) is 125 cm³/mol. The first-order valence-corrected chi connectivity index (χ1v) is 10.5. The molecule has 2 heterocycles. The zero-order valence-corrected chi connectivity index (χ0v) is 20.4. The molecule has 2 aliphatic rings. The first-order chi connectivity index (χ1) is 12.5. The van der Waals surface area contributed by atoms with Crippen molar-refractivity contribution in [3.8, 4) is 0 Å². The summed E-state index contributed by atoms with van der Waals surface area (Å²) in [7, 11) is 1.86. The van der Waals surface area contributed by atoms with Crippen LogP contribution in [0.15, 0.2) is 4.99 Å². The average Bonchev–Trinajstić information content (AvgIpc) is 2.60. The number of hydrogen-bond donors (Lipinski definition) is 2. The molecule has 0 aromatic carbocycles. The third-order valence-electron chi connectivity index (χ3n) is 5.65. The zero-order chi connectivity index (χ0) is 18.9. The van der Waals surface area contributed by atoms with Crippen LogP contribution in [0.4, 0.5) is 0 Å². The molecule has 3 atom stereocenters. The Labute approximate surface area is 183 Å². The second-order valence-corrected chi connectivity index (χ2v) is 8.55. The third-order valence-corrected chi connectivity index (χ3v) is 5.65. The number of morpholine rings is 1. The van der Waals surface area contributed by atoms with Crippen LogP contribution in [0.5, 0.6) is 0 Å². The monoisotopic (exact) mass is 495 g/mol. The number of hydrogen-bond acceptors (Lipinski definition) is 4. The number of piperidine rings is 1. The molecular weight excluding hydrogens is 453 g/mol. The van der Waals surface area contributed by atoms with E-state index in [-0.39, 0.29) is 24.0 Å². The Balaban J connectivity index is 0.00000364. The maximum absolute atomic E-state index is 5.50. The van der Waals surface area contributed by atoms with Gasteiger partial charge < -0.3 is 20.3 Å². The van der Waals surface area contributed by atoms with Crippen molar-refractivity contribution in [1.29, 1.82) is 0 Å². The summed E-state index contributed by atoms with van der Waals surface area (Å²) >= 11 is 0. The number of rotatable bonds is 7. The average molecular weight is 495 g/mol. The molecule has 0 radical (unpaired) electrons. The third kappa shape index (κ3) is 8.83. The van der Waals surface area contributed by atoms with Gasteiger partial charge in [-0.1, -0.05) is 27.7 Å². The summed E-state index contributed by atoms with van der Waals surface area (Å²) in [6.45, 7) is 18.5. The molecule has 7 heteroatoms. The van der Waals surface area contributed by atoms with E-state index in [9.17, 15) is 0 Å². The number of ether oxygens (including phenoxy) is 1. The molecule has 2 N–H and O–H groups in total. The van der Waals surface area contributed by atoms with Crippen LogP contribution < -0.4 is 10.6 Å². The van der Waals surface area contributed by atoms with Crippen LogP contribution in [0.1, 0.15) is 34.1 Å². The van der Waals surface area contributed by atoms with Crippen LogP contribution in [0, 0.1) is 17.8 Å². The lowest BCUT2D eigenvalue weighted by Crippen LogP contribution is -2.53. The van der Waals surface area contributed by atoms with E-state index in [4.69, 9.17) is 4.74 Å². The van der Waals surface area contributed by atoms with E-state index in [1.807, 2.05) is 7.05 Å². The Bertz CT molecular complexity index is 419. The number of halogens is 1. The molecule has 0 saturated carbocycles. The highest BCUT2D eigenvalue weighted by Crippen LogP contribution is 2.20. The van der Waals surface area contributed by atoms with Crippen molar-refractivity contribution in [1.82, 2.24) is 20.4 Å². The van der Waals surface area contributed by atoms with Gasteiger partial charge in [0.05, 0.1) is 13.2 Å². The molecule has 160 valence electrons. The topological polar surface area (TPSA) is 52.1 Å². The SMILES string of the molecule is CN=C(NCCN1CC(C)CC(C)C1)NCC(C(C)C)N1CCOCC1.I. The van der Waals surface area contributed by atoms with Crippen molar-refractivity contribution in [2.75, 3.05) is 66.1 Å². The molecule has 0 bridgehead atoms. The maximum Gasteiger partial charge on any atom is 0.191 e. The summed E-state index contributed by atoms with van der Waals surface area (Å²) in [4.78, 5) is 9.54. The van der Waals surface area contributed by atoms with Crippen LogP contribution in [-0.2, 0) is 4.74 Å². The molecule has 0 aromatic rings. The Morgan fingerprint density at radius 1 is 1.11 bits per heavy atom. The van der Waals surface area contributed by atoms with Gasteiger partial charge >= 0.3 is 0 Å². The first kappa shape index (κ1) is 24.9. The molecule has 2 rings (SSSR count). The molecule has 2 fully saturated rings. The van der Waals surface area contributed by atoms with Gasteiger partial charge in [-0.05, 0) is 24.2 Å². The van der Waals surface area contributed by atoms with E-state index in [2.05, 4.69) is 53.1 Å². The number of aliphatic imine (C=N–C) groups is 1. The van der Waals surface area contributed by atoms with E-state index >= 15 is 0 Å². The fourth-order valence-corrected chi connectivity index (χ4v) is 4.42. The lowest BCUT2D eigenvalue weighted by atomic mass is 9.92. The Kier molecular flexibility index (Phi) is 12.2. The van der Waals surface area contributed by atoms with Crippen LogP contribution in [0.3, 0.4) is 0 Å². The second-order valence-electron chi connectivity index (χ2n) is 8.55. The predicted octanol–water partition coefficient (Wildman–Crippen LogP) is 2.10. The number of guanidine groups is 1. The summed E-state index contributed by atoms with van der Waals surface area (Å²) in [5, 5.41) is 7.04.